The van der Waals surface area contributed by atoms with Gasteiger partial charge in [0.2, 0.25) is 0 Å². The number of hydrogen-bond acceptors (Lipinski definition) is 4. The monoisotopic (exact) mass is 269 g/mol. The molecule has 0 radical (unpaired) electrons. The zero-order chi connectivity index (χ0) is 14.4. The van der Waals surface area contributed by atoms with Gasteiger partial charge in [-0.3, -0.25) is 0 Å². The number of aliphatic hydroxyl groups is 1. The Bertz CT molecular complexity index is 363. The minimum absolute atomic E-state index is 0.158. The first-order chi connectivity index (χ1) is 8.95. The molecular weight excluding hydrogens is 242 g/mol. The smallest absolute Gasteiger partial charge is 0.138 e. The molecule has 2 atom stereocenters. The second kappa shape index (κ2) is 7.60. The molecule has 0 saturated heterocycles. The van der Waals surface area contributed by atoms with Crippen LogP contribution in [0.1, 0.15) is 40.4 Å². The molecule has 1 aromatic heterocycles. The second-order valence-electron chi connectivity index (χ2n) is 5.69. The molecule has 0 aliphatic heterocycles. The normalized spacial score (nSPS) is 15.2. The van der Waals surface area contributed by atoms with Crippen LogP contribution in [-0.2, 0) is 17.7 Å². The molecule has 0 fully saturated rings. The van der Waals surface area contributed by atoms with Gasteiger partial charge in [0.25, 0.3) is 0 Å². The summed E-state index contributed by atoms with van der Waals surface area (Å²) in [5, 5.41) is 14.5. The van der Waals surface area contributed by atoms with Crippen molar-refractivity contribution in [2.45, 2.75) is 59.8 Å². The van der Waals surface area contributed by atoms with Crippen molar-refractivity contribution < 1.29 is 9.84 Å². The van der Waals surface area contributed by atoms with Crippen molar-refractivity contribution in [1.82, 2.24) is 14.8 Å². The molecular formula is C14H27N3O2. The molecule has 2 unspecified atom stereocenters. The number of aliphatic hydroxyl groups excluding tert-OH is 1. The Balaban J connectivity index is 2.69. The standard InChI is InChI=1S/C14H27N3O2/c1-6-19-14(11(4)5)12(18)7-13-15-9-16-17(13)8-10(2)3/h9-12,14,18H,6-8H2,1-5H3. The fourth-order valence-corrected chi connectivity index (χ4v) is 2.19. The van der Waals surface area contributed by atoms with Crippen molar-refractivity contribution in [1.29, 1.82) is 0 Å². The van der Waals surface area contributed by atoms with E-state index in [1.54, 1.807) is 6.33 Å². The van der Waals surface area contributed by atoms with Crippen LogP contribution >= 0.6 is 0 Å². The molecule has 19 heavy (non-hydrogen) atoms. The summed E-state index contributed by atoms with van der Waals surface area (Å²) in [5.74, 6) is 1.60. The molecule has 0 bridgehead atoms. The van der Waals surface area contributed by atoms with Crippen LogP contribution in [0.5, 0.6) is 0 Å². The van der Waals surface area contributed by atoms with Crippen LogP contribution in [0.4, 0.5) is 0 Å². The highest BCUT2D eigenvalue weighted by molar-refractivity contribution is 4.90. The van der Waals surface area contributed by atoms with Gasteiger partial charge in [0, 0.05) is 19.6 Å². The fourth-order valence-electron chi connectivity index (χ4n) is 2.19. The maximum absolute atomic E-state index is 10.3. The number of aromatic nitrogens is 3. The molecule has 0 aromatic carbocycles. The lowest BCUT2D eigenvalue weighted by Crippen LogP contribution is -2.36. The molecule has 5 heteroatoms. The first kappa shape index (κ1) is 16.1. The summed E-state index contributed by atoms with van der Waals surface area (Å²) in [6.45, 7) is 11.8. The fraction of sp³-hybridized carbons (Fsp3) is 0.857. The topological polar surface area (TPSA) is 60.2 Å². The minimum Gasteiger partial charge on any atom is -0.390 e. The van der Waals surface area contributed by atoms with E-state index < -0.39 is 6.10 Å². The predicted molar refractivity (Wildman–Crippen MR) is 74.8 cm³/mol. The predicted octanol–water partition coefficient (Wildman–Crippen LogP) is 1.90. The van der Waals surface area contributed by atoms with Crippen molar-refractivity contribution in [2.75, 3.05) is 6.61 Å². The third kappa shape index (κ3) is 4.91. The summed E-state index contributed by atoms with van der Waals surface area (Å²) < 4.78 is 7.50. The van der Waals surface area contributed by atoms with E-state index in [1.165, 1.54) is 0 Å². The van der Waals surface area contributed by atoms with Gasteiger partial charge in [-0.2, -0.15) is 5.10 Å². The number of rotatable bonds is 8. The zero-order valence-electron chi connectivity index (χ0n) is 12.7. The van der Waals surface area contributed by atoms with Crippen LogP contribution in [0.15, 0.2) is 6.33 Å². The van der Waals surface area contributed by atoms with Gasteiger partial charge >= 0.3 is 0 Å². The number of ether oxygens (including phenoxy) is 1. The molecule has 0 amide bonds. The molecule has 1 rings (SSSR count). The first-order valence-electron chi connectivity index (χ1n) is 7.12. The lowest BCUT2D eigenvalue weighted by atomic mass is 9.99. The van der Waals surface area contributed by atoms with E-state index in [4.69, 9.17) is 4.74 Å². The Morgan fingerprint density at radius 2 is 2.00 bits per heavy atom. The Hall–Kier alpha value is -0.940. The molecule has 1 heterocycles. The second-order valence-corrected chi connectivity index (χ2v) is 5.69. The van der Waals surface area contributed by atoms with Crippen molar-refractivity contribution >= 4 is 0 Å². The quantitative estimate of drug-likeness (QED) is 0.783. The molecule has 0 aliphatic carbocycles. The maximum atomic E-state index is 10.3. The van der Waals surface area contributed by atoms with Crippen LogP contribution in [-0.4, -0.2) is 38.7 Å². The zero-order valence-corrected chi connectivity index (χ0v) is 12.7. The van der Waals surface area contributed by atoms with E-state index in [9.17, 15) is 5.11 Å². The Morgan fingerprint density at radius 3 is 2.53 bits per heavy atom. The molecule has 5 nitrogen and oxygen atoms in total. The highest BCUT2D eigenvalue weighted by atomic mass is 16.5. The van der Waals surface area contributed by atoms with Crippen molar-refractivity contribution in [3.63, 3.8) is 0 Å². The highest BCUT2D eigenvalue weighted by Gasteiger charge is 2.25. The van der Waals surface area contributed by atoms with Gasteiger partial charge in [-0.1, -0.05) is 27.7 Å². The van der Waals surface area contributed by atoms with Crippen LogP contribution in [0, 0.1) is 11.8 Å². The SMILES string of the molecule is CCOC(C(C)C)C(O)Cc1ncnn1CC(C)C. The van der Waals surface area contributed by atoms with Crippen molar-refractivity contribution in [3.05, 3.63) is 12.2 Å². The molecule has 1 N–H and O–H groups in total. The summed E-state index contributed by atoms with van der Waals surface area (Å²) in [4.78, 5) is 4.25. The summed E-state index contributed by atoms with van der Waals surface area (Å²) >= 11 is 0. The van der Waals surface area contributed by atoms with Gasteiger partial charge in [-0.15, -0.1) is 0 Å². The van der Waals surface area contributed by atoms with Gasteiger partial charge in [0.05, 0.1) is 12.2 Å². The molecule has 110 valence electrons. The van der Waals surface area contributed by atoms with E-state index in [0.717, 1.165) is 12.4 Å². The molecule has 0 aliphatic rings. The lowest BCUT2D eigenvalue weighted by molar-refractivity contribution is -0.0572. The lowest BCUT2D eigenvalue weighted by Gasteiger charge is -2.26. The maximum Gasteiger partial charge on any atom is 0.138 e. The molecule has 0 spiro atoms. The Labute approximate surface area is 116 Å². The third-order valence-corrected chi connectivity index (χ3v) is 3.02. The van der Waals surface area contributed by atoms with Crippen LogP contribution in [0.3, 0.4) is 0 Å². The Kier molecular flexibility index (Phi) is 6.45. The van der Waals surface area contributed by atoms with Crippen LogP contribution in [0.2, 0.25) is 0 Å². The minimum atomic E-state index is -0.546. The Morgan fingerprint density at radius 1 is 1.32 bits per heavy atom. The average molecular weight is 269 g/mol. The highest BCUT2D eigenvalue weighted by Crippen LogP contribution is 2.15. The van der Waals surface area contributed by atoms with E-state index in [0.29, 0.717) is 18.9 Å². The van der Waals surface area contributed by atoms with E-state index in [2.05, 4.69) is 37.8 Å². The van der Waals surface area contributed by atoms with Gasteiger partial charge in [-0.05, 0) is 18.8 Å². The van der Waals surface area contributed by atoms with Gasteiger partial charge in [-0.25, -0.2) is 9.67 Å². The summed E-state index contributed by atoms with van der Waals surface area (Å²) in [7, 11) is 0. The summed E-state index contributed by atoms with van der Waals surface area (Å²) in [5.41, 5.74) is 0. The summed E-state index contributed by atoms with van der Waals surface area (Å²) in [6, 6.07) is 0. The molecule has 1 aromatic rings. The molecule has 0 saturated carbocycles. The van der Waals surface area contributed by atoms with E-state index >= 15 is 0 Å². The average Bonchev–Trinajstić information content (AvgIpc) is 2.72. The number of nitrogens with zero attached hydrogens (tertiary/aromatic N) is 3. The third-order valence-electron chi connectivity index (χ3n) is 3.02. The van der Waals surface area contributed by atoms with Gasteiger partial charge in [0.1, 0.15) is 12.2 Å². The van der Waals surface area contributed by atoms with E-state index in [-0.39, 0.29) is 12.0 Å². The first-order valence-corrected chi connectivity index (χ1v) is 7.12. The largest absolute Gasteiger partial charge is 0.390 e. The van der Waals surface area contributed by atoms with Crippen LogP contribution < -0.4 is 0 Å². The van der Waals surface area contributed by atoms with Crippen molar-refractivity contribution in [3.8, 4) is 0 Å². The van der Waals surface area contributed by atoms with Gasteiger partial charge < -0.3 is 9.84 Å². The van der Waals surface area contributed by atoms with E-state index in [1.807, 2.05) is 11.6 Å². The van der Waals surface area contributed by atoms with Gasteiger partial charge in [0.15, 0.2) is 0 Å². The number of hydrogen-bond donors (Lipinski definition) is 1. The van der Waals surface area contributed by atoms with Crippen LogP contribution in [0.25, 0.3) is 0 Å². The summed E-state index contributed by atoms with van der Waals surface area (Å²) in [6.07, 6.45) is 1.33. The van der Waals surface area contributed by atoms with Crippen molar-refractivity contribution in [2.24, 2.45) is 11.8 Å².